The summed E-state index contributed by atoms with van der Waals surface area (Å²) in [6.07, 6.45) is -6.63. The summed E-state index contributed by atoms with van der Waals surface area (Å²) in [5.41, 5.74) is 1.12. The molecule has 2 aliphatic rings. The van der Waals surface area contributed by atoms with E-state index in [0.29, 0.717) is 13.0 Å². The summed E-state index contributed by atoms with van der Waals surface area (Å²) >= 11 is 0. The van der Waals surface area contributed by atoms with Crippen molar-refractivity contribution in [3.63, 3.8) is 0 Å². The van der Waals surface area contributed by atoms with Crippen LogP contribution in [0.5, 0.6) is 0 Å². The third kappa shape index (κ3) is 9.00. The van der Waals surface area contributed by atoms with Crippen LogP contribution in [0.3, 0.4) is 0 Å². The third-order valence-electron chi connectivity index (χ3n) is 8.04. The van der Waals surface area contributed by atoms with Crippen molar-refractivity contribution >= 4 is 27.1 Å². The van der Waals surface area contributed by atoms with Gasteiger partial charge in [-0.1, -0.05) is 49.3 Å². The number of carbonyl (C=O) groups is 1. The number of rotatable bonds is 14. The average molecular weight is 685 g/mol. The van der Waals surface area contributed by atoms with Gasteiger partial charge in [-0.3, -0.25) is 0 Å². The fourth-order valence-electron chi connectivity index (χ4n) is 5.76. The summed E-state index contributed by atoms with van der Waals surface area (Å²) < 4.78 is 89.1. The maximum Gasteiger partial charge on any atom is 0.407 e. The van der Waals surface area contributed by atoms with E-state index in [1.54, 1.807) is 0 Å². The summed E-state index contributed by atoms with van der Waals surface area (Å²) in [6.45, 7) is 2.45. The number of halogens is 3. The largest absolute Gasteiger partial charge is 0.443 e. The Balaban J connectivity index is 1.34. The number of ether oxygens (including phenoxy) is 3. The molecule has 0 unspecified atom stereocenters. The van der Waals surface area contributed by atoms with Gasteiger partial charge < -0.3 is 34.5 Å². The second-order valence-corrected chi connectivity index (χ2v) is 14.1. The molecule has 1 amide bonds. The fourth-order valence-corrected chi connectivity index (χ4v) is 7.41. The van der Waals surface area contributed by atoms with Crippen LogP contribution in [0, 0.1) is 11.8 Å². The zero-order chi connectivity index (χ0) is 33.8. The number of amides is 1. The van der Waals surface area contributed by atoms with Gasteiger partial charge in [-0.2, -0.15) is 17.5 Å². The number of aliphatic hydroxyl groups is 1. The molecule has 2 aliphatic heterocycles. The number of aliphatic hydroxyl groups excluding tert-OH is 1. The van der Waals surface area contributed by atoms with Crippen molar-refractivity contribution in [3.8, 4) is 0 Å². The zero-order valence-electron chi connectivity index (χ0n) is 26.0. The molecule has 1 aromatic heterocycles. The number of nitrogens with zero attached hydrogens (tertiary/aromatic N) is 2. The molecule has 0 bridgehead atoms. The average Bonchev–Trinajstić information content (AvgIpc) is 3.74. The Kier molecular flexibility index (Phi) is 11.1. The molecule has 3 N–H and O–H groups in total. The van der Waals surface area contributed by atoms with E-state index in [2.05, 4.69) is 15.8 Å². The molecule has 3 heterocycles. The van der Waals surface area contributed by atoms with Gasteiger partial charge in [0, 0.05) is 25.0 Å². The van der Waals surface area contributed by atoms with Gasteiger partial charge in [0.05, 0.1) is 42.7 Å². The number of carbonyl (C=O) groups excluding carboxylic acids is 1. The van der Waals surface area contributed by atoms with Gasteiger partial charge >= 0.3 is 12.3 Å². The van der Waals surface area contributed by atoms with Crippen LogP contribution in [0.4, 0.5) is 18.0 Å². The maximum absolute atomic E-state index is 14.0. The Morgan fingerprint density at radius 1 is 1.15 bits per heavy atom. The Bertz CT molecular complexity index is 1600. The summed E-state index contributed by atoms with van der Waals surface area (Å²) in [4.78, 5) is 12.9. The molecule has 16 heteroatoms. The van der Waals surface area contributed by atoms with Crippen molar-refractivity contribution in [1.82, 2.24) is 20.1 Å². The molecule has 2 aromatic carbocycles. The summed E-state index contributed by atoms with van der Waals surface area (Å²) in [7, 11) is -4.26. The van der Waals surface area contributed by atoms with Gasteiger partial charge in [0.1, 0.15) is 11.8 Å². The highest BCUT2D eigenvalue weighted by Gasteiger charge is 2.44. The Labute approximate surface area is 270 Å². The molecule has 12 nitrogen and oxygen atoms in total. The normalized spacial score (nSPS) is 21.3. The molecule has 0 aliphatic carbocycles. The predicted octanol–water partition coefficient (Wildman–Crippen LogP) is 3.59. The molecular formula is C31H39F3N4O8S. The minimum atomic E-state index is -4.44. The lowest BCUT2D eigenvalue weighted by molar-refractivity contribution is -0.125. The van der Waals surface area contributed by atoms with Crippen molar-refractivity contribution in [2.45, 2.75) is 68.8 Å². The maximum atomic E-state index is 14.0. The summed E-state index contributed by atoms with van der Waals surface area (Å²) in [6, 6.07) is 12.2. The Hall–Kier alpha value is -3.28. The zero-order valence-corrected chi connectivity index (χ0v) is 26.8. The monoisotopic (exact) mass is 684 g/mol. The van der Waals surface area contributed by atoms with E-state index in [1.807, 2.05) is 44.2 Å². The summed E-state index contributed by atoms with van der Waals surface area (Å²) in [5, 5.41) is 20.5. The minimum Gasteiger partial charge on any atom is -0.443 e. The van der Waals surface area contributed by atoms with E-state index in [0.717, 1.165) is 9.87 Å². The first kappa shape index (κ1) is 35.0. The van der Waals surface area contributed by atoms with E-state index in [4.69, 9.17) is 18.7 Å². The van der Waals surface area contributed by atoms with Crippen LogP contribution in [0.15, 0.2) is 57.9 Å². The van der Waals surface area contributed by atoms with Gasteiger partial charge in [-0.05, 0) is 42.5 Å². The number of benzene rings is 2. The Morgan fingerprint density at radius 2 is 1.91 bits per heavy atom. The highest BCUT2D eigenvalue weighted by Crippen LogP contribution is 2.33. The number of alkyl carbamates (subject to hydrolysis) is 1. The quantitative estimate of drug-likeness (QED) is 0.230. The predicted molar refractivity (Wildman–Crippen MR) is 163 cm³/mol. The molecular weight excluding hydrogens is 645 g/mol. The van der Waals surface area contributed by atoms with Crippen molar-refractivity contribution in [2.24, 2.45) is 11.8 Å². The third-order valence-corrected chi connectivity index (χ3v) is 9.87. The lowest BCUT2D eigenvalue weighted by atomic mass is 10.0. The number of alkyl halides is 3. The van der Waals surface area contributed by atoms with E-state index >= 15 is 0 Å². The molecule has 2 saturated heterocycles. The molecule has 2 fully saturated rings. The van der Waals surface area contributed by atoms with Gasteiger partial charge in [0.2, 0.25) is 10.0 Å². The van der Waals surface area contributed by atoms with E-state index in [9.17, 15) is 31.5 Å². The van der Waals surface area contributed by atoms with Crippen LogP contribution in [0.2, 0.25) is 0 Å². The topological polar surface area (TPSA) is 152 Å². The van der Waals surface area contributed by atoms with Gasteiger partial charge in [-0.25, -0.2) is 13.2 Å². The molecule has 3 aromatic rings. The second kappa shape index (κ2) is 14.9. The second-order valence-electron chi connectivity index (χ2n) is 12.2. The molecule has 5 atom stereocenters. The van der Waals surface area contributed by atoms with Crippen LogP contribution < -0.4 is 10.6 Å². The highest BCUT2D eigenvalue weighted by atomic mass is 32.2. The number of nitrogens with one attached hydrogen (secondary N) is 2. The number of hydrogen-bond donors (Lipinski definition) is 3. The highest BCUT2D eigenvalue weighted by molar-refractivity contribution is 7.89. The van der Waals surface area contributed by atoms with Crippen LogP contribution in [-0.2, 0) is 37.2 Å². The standard InChI is InChI=1S/C31H39F3N4O8S/c1-19(2)15-38(47(41,42)21-8-9-27-23(13-21)25(37-46-27)14-35-18-31(32,33)34)16-26(39)24(12-20-6-4-3-5-7-20)36-30(40)45-28-17-44-29-22(28)10-11-43-29/h3-9,13,19,22,24,26,28-29,35,39H,10-12,14-18H2,1-2H3,(H,36,40)/t22-,24-,26+,28-,29+/m0/s1. The van der Waals surface area contributed by atoms with Crippen LogP contribution in [-0.4, -0.2) is 92.6 Å². The first-order valence-corrected chi connectivity index (χ1v) is 16.8. The van der Waals surface area contributed by atoms with Gasteiger partial charge in [0.25, 0.3) is 0 Å². The first-order chi connectivity index (χ1) is 22.3. The fraction of sp³-hybridized carbons (Fsp3) is 0.548. The van der Waals surface area contributed by atoms with E-state index in [1.165, 1.54) is 18.2 Å². The number of aromatic nitrogens is 1. The first-order valence-electron chi connectivity index (χ1n) is 15.4. The van der Waals surface area contributed by atoms with Gasteiger partial charge in [0.15, 0.2) is 11.9 Å². The minimum absolute atomic E-state index is 0.0338. The number of sulfonamides is 1. The van der Waals surface area contributed by atoms with Gasteiger partial charge in [-0.15, -0.1) is 0 Å². The molecule has 47 heavy (non-hydrogen) atoms. The molecule has 258 valence electrons. The summed E-state index contributed by atoms with van der Waals surface area (Å²) in [5.74, 6) is -0.235. The molecule has 5 rings (SSSR count). The number of fused-ring (bicyclic) bond motifs is 2. The molecule has 0 saturated carbocycles. The lowest BCUT2D eigenvalue weighted by Crippen LogP contribution is -2.51. The number of hydrogen-bond acceptors (Lipinski definition) is 10. The Morgan fingerprint density at radius 3 is 2.64 bits per heavy atom. The van der Waals surface area contributed by atoms with Crippen molar-refractivity contribution in [1.29, 1.82) is 0 Å². The van der Waals surface area contributed by atoms with Crippen LogP contribution >= 0.6 is 0 Å². The van der Waals surface area contributed by atoms with Crippen LogP contribution in [0.25, 0.3) is 11.0 Å². The van der Waals surface area contributed by atoms with Crippen molar-refractivity contribution in [2.75, 3.05) is 32.8 Å². The van der Waals surface area contributed by atoms with Crippen LogP contribution in [0.1, 0.15) is 31.5 Å². The van der Waals surface area contributed by atoms with E-state index < -0.39 is 53.4 Å². The van der Waals surface area contributed by atoms with Crippen molar-refractivity contribution in [3.05, 3.63) is 59.8 Å². The SMILES string of the molecule is CC(C)CN(C[C@@H](O)[C@H](Cc1ccccc1)NC(=O)O[C@H]1CO[C@H]2OCC[C@H]21)S(=O)(=O)c1ccc2onc(CNCC(F)(F)F)c2c1. The lowest BCUT2D eigenvalue weighted by Gasteiger charge is -2.31. The molecule has 0 radical (unpaired) electrons. The smallest absolute Gasteiger partial charge is 0.407 e. The van der Waals surface area contributed by atoms with E-state index in [-0.39, 0.29) is 66.1 Å². The van der Waals surface area contributed by atoms with Crippen molar-refractivity contribution < 1.29 is 50.2 Å². The molecule has 0 spiro atoms.